The summed E-state index contributed by atoms with van der Waals surface area (Å²) >= 11 is 0. The summed E-state index contributed by atoms with van der Waals surface area (Å²) in [5.74, 6) is 0. The molecule has 0 radical (unpaired) electrons. The first-order valence-electron chi connectivity index (χ1n) is 6.07. The van der Waals surface area contributed by atoms with E-state index in [1.54, 1.807) is 7.05 Å². The van der Waals surface area contributed by atoms with Gasteiger partial charge in [0.15, 0.2) is 5.49 Å². The second-order valence-corrected chi connectivity index (χ2v) is 4.31. The van der Waals surface area contributed by atoms with Crippen molar-refractivity contribution in [3.8, 4) is 0 Å². The molecule has 3 rings (SSSR count). The van der Waals surface area contributed by atoms with Gasteiger partial charge in [0.05, 0.1) is 5.52 Å². The number of aromatic nitrogens is 2. The predicted octanol–water partition coefficient (Wildman–Crippen LogP) is 0.556. The van der Waals surface area contributed by atoms with E-state index in [1.165, 1.54) is 0 Å². The van der Waals surface area contributed by atoms with E-state index in [4.69, 9.17) is 0 Å². The lowest BCUT2D eigenvalue weighted by molar-refractivity contribution is 0.541. The van der Waals surface area contributed by atoms with Crippen LogP contribution in [0.2, 0.25) is 0 Å². The Morgan fingerprint density at radius 3 is 2.60 bits per heavy atom. The van der Waals surface area contributed by atoms with Gasteiger partial charge in [-0.05, 0) is 22.9 Å². The Morgan fingerprint density at radius 2 is 1.95 bits per heavy atom. The van der Waals surface area contributed by atoms with Gasteiger partial charge in [-0.25, -0.2) is 9.36 Å². The van der Waals surface area contributed by atoms with Crippen molar-refractivity contribution in [1.29, 1.82) is 0 Å². The number of hydrogen-bond acceptors (Lipinski definition) is 4. The maximum Gasteiger partial charge on any atom is 0.334 e. The highest BCUT2D eigenvalue weighted by Crippen LogP contribution is 2.18. The molecule has 1 aromatic heterocycles. The van der Waals surface area contributed by atoms with Gasteiger partial charge in [0.1, 0.15) is 0 Å². The number of carbonyl (C=O) groups excluding carboxylic acids is 1. The van der Waals surface area contributed by atoms with Crippen LogP contribution in [0, 0.1) is 0 Å². The molecule has 0 aliphatic rings. The molecular weight excluding hydrogens is 256 g/mol. The molecule has 0 spiro atoms. The zero-order valence-corrected chi connectivity index (χ0v) is 10.8. The lowest BCUT2D eigenvalue weighted by atomic mass is 10.1. The van der Waals surface area contributed by atoms with Gasteiger partial charge in [0, 0.05) is 12.4 Å². The van der Waals surface area contributed by atoms with Gasteiger partial charge in [-0.2, -0.15) is 5.10 Å². The topological polar surface area (TPSA) is 79.2 Å². The standard InChI is InChI=1S/C14H12N4O2/c1-15-17-13-11-6-9-4-2-3-5-10(9)7-12(11)16-14(20)18(13)8-19/h2-8,15H,1H3,(H,16,20)/b17-13-. The molecular formula is C14H12N4O2. The number of H-pyrrole nitrogens is 1. The molecule has 6 nitrogen and oxygen atoms in total. The first kappa shape index (κ1) is 12.2. The largest absolute Gasteiger partial charge is 0.334 e. The maximum absolute atomic E-state index is 11.9. The van der Waals surface area contributed by atoms with Crippen molar-refractivity contribution in [3.05, 3.63) is 52.4 Å². The minimum Gasteiger partial charge on any atom is -0.311 e. The molecule has 2 N–H and O–H groups in total. The highest BCUT2D eigenvalue weighted by Gasteiger charge is 2.06. The first-order valence-corrected chi connectivity index (χ1v) is 6.07. The molecule has 0 atom stereocenters. The maximum atomic E-state index is 11.9. The normalized spacial score (nSPS) is 11.9. The highest BCUT2D eigenvalue weighted by molar-refractivity contribution is 5.96. The van der Waals surface area contributed by atoms with E-state index in [9.17, 15) is 9.59 Å². The van der Waals surface area contributed by atoms with Crippen LogP contribution in [0.1, 0.15) is 0 Å². The smallest absolute Gasteiger partial charge is 0.311 e. The Kier molecular flexibility index (Phi) is 2.83. The van der Waals surface area contributed by atoms with Crippen LogP contribution in [0.3, 0.4) is 0 Å². The summed E-state index contributed by atoms with van der Waals surface area (Å²) in [5, 5.41) is 6.75. The van der Waals surface area contributed by atoms with E-state index in [1.807, 2.05) is 36.4 Å². The summed E-state index contributed by atoms with van der Waals surface area (Å²) in [7, 11) is 1.61. The van der Waals surface area contributed by atoms with Crippen molar-refractivity contribution in [2.75, 3.05) is 7.05 Å². The van der Waals surface area contributed by atoms with E-state index >= 15 is 0 Å². The molecule has 20 heavy (non-hydrogen) atoms. The molecule has 3 aromatic rings. The van der Waals surface area contributed by atoms with Crippen LogP contribution in [-0.4, -0.2) is 23.0 Å². The van der Waals surface area contributed by atoms with Crippen LogP contribution in [-0.2, 0) is 4.79 Å². The summed E-state index contributed by atoms with van der Waals surface area (Å²) in [6.45, 7) is 0. The Labute approximate surface area is 113 Å². The third kappa shape index (κ3) is 1.78. The van der Waals surface area contributed by atoms with Gasteiger partial charge in [-0.3, -0.25) is 4.79 Å². The molecule has 0 unspecified atom stereocenters. The van der Waals surface area contributed by atoms with Gasteiger partial charge in [-0.15, -0.1) is 0 Å². The number of nitrogens with zero attached hydrogens (tertiary/aromatic N) is 2. The lowest BCUT2D eigenvalue weighted by Gasteiger charge is -2.05. The van der Waals surface area contributed by atoms with Gasteiger partial charge in [-0.1, -0.05) is 24.3 Å². The lowest BCUT2D eigenvalue weighted by Crippen LogP contribution is -2.36. The minimum atomic E-state index is -0.517. The van der Waals surface area contributed by atoms with Gasteiger partial charge < -0.3 is 10.4 Å². The van der Waals surface area contributed by atoms with Crippen LogP contribution in [0.25, 0.3) is 21.7 Å². The molecule has 6 heteroatoms. The summed E-state index contributed by atoms with van der Waals surface area (Å²) in [6, 6.07) is 11.6. The minimum absolute atomic E-state index is 0.284. The Morgan fingerprint density at radius 1 is 1.25 bits per heavy atom. The molecule has 2 aromatic carbocycles. The number of aromatic amines is 1. The van der Waals surface area contributed by atoms with Gasteiger partial charge in [0.25, 0.3) is 0 Å². The second-order valence-electron chi connectivity index (χ2n) is 4.31. The highest BCUT2D eigenvalue weighted by atomic mass is 16.2. The summed E-state index contributed by atoms with van der Waals surface area (Å²) in [4.78, 5) is 25.7. The molecule has 0 fully saturated rings. The molecule has 0 saturated heterocycles. The fourth-order valence-corrected chi connectivity index (χ4v) is 2.25. The van der Waals surface area contributed by atoms with E-state index in [2.05, 4.69) is 15.5 Å². The van der Waals surface area contributed by atoms with Crippen LogP contribution >= 0.6 is 0 Å². The molecule has 0 saturated carbocycles. The molecule has 0 amide bonds. The quantitative estimate of drug-likeness (QED) is 0.405. The SMILES string of the molecule is CN/N=c1/c2cc3ccccc3cc2[nH]c(=O)n1C=O. The summed E-state index contributed by atoms with van der Waals surface area (Å²) in [5.41, 5.74) is 3.03. The van der Waals surface area contributed by atoms with Crippen molar-refractivity contribution in [3.63, 3.8) is 0 Å². The number of hydrogen-bond donors (Lipinski definition) is 2. The zero-order chi connectivity index (χ0) is 14.1. The molecule has 1 heterocycles. The number of nitrogens with one attached hydrogen (secondary N) is 2. The molecule has 0 bridgehead atoms. The second kappa shape index (κ2) is 4.65. The predicted molar refractivity (Wildman–Crippen MR) is 76.8 cm³/mol. The molecule has 0 aliphatic heterocycles. The Hall–Kier alpha value is -2.89. The molecule has 100 valence electrons. The summed E-state index contributed by atoms with van der Waals surface area (Å²) < 4.78 is 0.938. The van der Waals surface area contributed by atoms with E-state index in [-0.39, 0.29) is 5.49 Å². The average Bonchev–Trinajstić information content (AvgIpc) is 2.46. The van der Waals surface area contributed by atoms with Crippen molar-refractivity contribution in [2.45, 2.75) is 0 Å². The number of benzene rings is 2. The fourth-order valence-electron chi connectivity index (χ4n) is 2.25. The van der Waals surface area contributed by atoms with Crippen LogP contribution in [0.15, 0.2) is 46.3 Å². The van der Waals surface area contributed by atoms with Gasteiger partial charge >= 0.3 is 5.69 Å². The van der Waals surface area contributed by atoms with Crippen molar-refractivity contribution in [2.24, 2.45) is 5.10 Å². The Balaban J connectivity index is 2.59. The van der Waals surface area contributed by atoms with E-state index < -0.39 is 5.69 Å². The van der Waals surface area contributed by atoms with Gasteiger partial charge in [0.2, 0.25) is 6.41 Å². The average molecular weight is 268 g/mol. The number of carbonyl (C=O) groups is 1. The zero-order valence-electron chi connectivity index (χ0n) is 10.8. The van der Waals surface area contributed by atoms with E-state index in [0.29, 0.717) is 17.3 Å². The Bertz CT molecular complexity index is 937. The fraction of sp³-hybridized carbons (Fsp3) is 0.0714. The number of fused-ring (bicyclic) bond motifs is 2. The van der Waals surface area contributed by atoms with Crippen LogP contribution in [0.4, 0.5) is 0 Å². The van der Waals surface area contributed by atoms with Crippen molar-refractivity contribution >= 4 is 28.1 Å². The third-order valence-corrected chi connectivity index (χ3v) is 3.14. The monoisotopic (exact) mass is 268 g/mol. The number of rotatable bonds is 2. The van der Waals surface area contributed by atoms with Crippen molar-refractivity contribution < 1.29 is 4.79 Å². The first-order chi connectivity index (χ1) is 9.74. The van der Waals surface area contributed by atoms with Crippen LogP contribution < -0.4 is 16.6 Å². The summed E-state index contributed by atoms with van der Waals surface area (Å²) in [6.07, 6.45) is 0.448. The van der Waals surface area contributed by atoms with Crippen LogP contribution in [0.5, 0.6) is 0 Å². The van der Waals surface area contributed by atoms with E-state index in [0.717, 1.165) is 15.3 Å². The van der Waals surface area contributed by atoms with Crippen molar-refractivity contribution in [1.82, 2.24) is 15.0 Å². The third-order valence-electron chi connectivity index (χ3n) is 3.14. The molecule has 0 aliphatic carbocycles.